The maximum absolute atomic E-state index is 12.5. The summed E-state index contributed by atoms with van der Waals surface area (Å²) in [6.07, 6.45) is 4.19. The Morgan fingerprint density at radius 2 is 2.07 bits per heavy atom. The Balaban J connectivity index is 0.00000225. The van der Waals surface area contributed by atoms with E-state index in [2.05, 4.69) is 5.32 Å². The van der Waals surface area contributed by atoms with Crippen molar-refractivity contribution in [2.45, 2.75) is 50.7 Å². The molecule has 152 valence electrons. The van der Waals surface area contributed by atoms with Crippen molar-refractivity contribution in [3.8, 4) is 0 Å². The topological polar surface area (TPSA) is 111 Å². The second-order valence-electron chi connectivity index (χ2n) is 7.30. The van der Waals surface area contributed by atoms with Crippen molar-refractivity contribution in [2.24, 2.45) is 0 Å². The lowest BCUT2D eigenvalue weighted by Gasteiger charge is -2.24. The SMILES string of the molecule is Cl.O=C(CCCn1c(=O)oc2cc([N+](=O)[O-])ccc21)N1CCC2CCC(C1)N2. The number of likely N-dealkylation sites (tertiary alicyclic amines) is 1. The molecule has 0 aliphatic carbocycles. The molecule has 0 saturated carbocycles. The van der Waals surface area contributed by atoms with E-state index < -0.39 is 10.7 Å². The lowest BCUT2D eigenvalue weighted by Crippen LogP contribution is -2.39. The molecule has 4 rings (SSSR count). The first-order chi connectivity index (χ1) is 13.0. The first-order valence-corrected chi connectivity index (χ1v) is 9.33. The Morgan fingerprint density at radius 1 is 1.29 bits per heavy atom. The molecule has 2 saturated heterocycles. The van der Waals surface area contributed by atoms with E-state index in [0.29, 0.717) is 37.0 Å². The smallest absolute Gasteiger partial charge is 0.407 e. The minimum absolute atomic E-state index is 0. The Kier molecular flexibility index (Phi) is 6.04. The molecule has 0 radical (unpaired) electrons. The largest absolute Gasteiger partial charge is 0.419 e. The van der Waals surface area contributed by atoms with Crippen LogP contribution in [0.15, 0.2) is 27.4 Å². The van der Waals surface area contributed by atoms with Gasteiger partial charge in [0.15, 0.2) is 5.58 Å². The number of hydrogen-bond donors (Lipinski definition) is 1. The van der Waals surface area contributed by atoms with Crippen LogP contribution in [0.3, 0.4) is 0 Å². The minimum Gasteiger partial charge on any atom is -0.407 e. The highest BCUT2D eigenvalue weighted by Crippen LogP contribution is 2.22. The first-order valence-electron chi connectivity index (χ1n) is 9.33. The lowest BCUT2D eigenvalue weighted by atomic mass is 10.1. The van der Waals surface area contributed by atoms with E-state index in [1.54, 1.807) is 0 Å². The minimum atomic E-state index is -0.561. The van der Waals surface area contributed by atoms with Gasteiger partial charge in [-0.2, -0.15) is 0 Å². The second kappa shape index (κ2) is 8.32. The number of amides is 1. The Morgan fingerprint density at radius 3 is 2.86 bits per heavy atom. The number of carbonyl (C=O) groups excluding carboxylic acids is 1. The van der Waals surface area contributed by atoms with Gasteiger partial charge in [0, 0.05) is 44.2 Å². The van der Waals surface area contributed by atoms with Crippen LogP contribution in [0.2, 0.25) is 0 Å². The molecule has 10 heteroatoms. The van der Waals surface area contributed by atoms with Crippen molar-refractivity contribution in [1.82, 2.24) is 14.8 Å². The van der Waals surface area contributed by atoms with Crippen LogP contribution in [0.5, 0.6) is 0 Å². The number of hydrogen-bond acceptors (Lipinski definition) is 6. The highest BCUT2D eigenvalue weighted by atomic mass is 35.5. The summed E-state index contributed by atoms with van der Waals surface area (Å²) in [5, 5.41) is 14.4. The number of fused-ring (bicyclic) bond motifs is 3. The van der Waals surface area contributed by atoms with Crippen molar-refractivity contribution in [3.63, 3.8) is 0 Å². The average Bonchev–Trinajstić information content (AvgIpc) is 3.12. The predicted molar refractivity (Wildman–Crippen MR) is 105 cm³/mol. The molecule has 9 nitrogen and oxygen atoms in total. The lowest BCUT2D eigenvalue weighted by molar-refractivity contribution is -0.384. The molecule has 1 aromatic heterocycles. The summed E-state index contributed by atoms with van der Waals surface area (Å²) in [7, 11) is 0. The van der Waals surface area contributed by atoms with E-state index in [4.69, 9.17) is 4.42 Å². The quantitative estimate of drug-likeness (QED) is 0.596. The van der Waals surface area contributed by atoms with Gasteiger partial charge < -0.3 is 14.6 Å². The van der Waals surface area contributed by atoms with Crippen LogP contribution < -0.4 is 11.1 Å². The number of carbonyl (C=O) groups is 1. The highest BCUT2D eigenvalue weighted by molar-refractivity contribution is 5.85. The number of nitrogens with one attached hydrogen (secondary N) is 1. The van der Waals surface area contributed by atoms with Crippen molar-refractivity contribution in [2.75, 3.05) is 13.1 Å². The van der Waals surface area contributed by atoms with Gasteiger partial charge in [-0.3, -0.25) is 19.5 Å². The molecule has 2 atom stereocenters. The number of non-ortho nitro benzene ring substituents is 1. The van der Waals surface area contributed by atoms with E-state index in [1.165, 1.54) is 29.2 Å². The number of halogens is 1. The van der Waals surface area contributed by atoms with Gasteiger partial charge in [0.05, 0.1) is 16.5 Å². The van der Waals surface area contributed by atoms with Crippen LogP contribution in [0.1, 0.15) is 32.1 Å². The zero-order chi connectivity index (χ0) is 19.0. The number of nitro benzene ring substituents is 1. The second-order valence-corrected chi connectivity index (χ2v) is 7.30. The van der Waals surface area contributed by atoms with Gasteiger partial charge in [-0.15, -0.1) is 12.4 Å². The molecule has 2 unspecified atom stereocenters. The Labute approximate surface area is 167 Å². The van der Waals surface area contributed by atoms with Crippen LogP contribution in [-0.4, -0.2) is 45.5 Å². The standard InChI is InChI=1S/C18H22N4O5.ClH/c23-17(20-9-7-12-3-4-13(11-20)19-12)2-1-8-21-15-6-5-14(22(25)26)10-16(15)27-18(21)24;/h5-6,10,12-13,19H,1-4,7-9,11H2;1H. The molecule has 2 aliphatic heterocycles. The fraction of sp³-hybridized carbons (Fsp3) is 0.556. The number of aromatic nitrogens is 1. The number of nitro groups is 1. The van der Waals surface area contributed by atoms with Crippen LogP contribution in [-0.2, 0) is 11.3 Å². The van der Waals surface area contributed by atoms with Gasteiger partial charge in [0.25, 0.3) is 5.69 Å². The number of benzene rings is 1. The van der Waals surface area contributed by atoms with Gasteiger partial charge in [-0.05, 0) is 31.7 Å². The summed E-state index contributed by atoms with van der Waals surface area (Å²) >= 11 is 0. The average molecular weight is 411 g/mol. The zero-order valence-corrected chi connectivity index (χ0v) is 16.2. The highest BCUT2D eigenvalue weighted by Gasteiger charge is 2.30. The molecule has 0 spiro atoms. The summed E-state index contributed by atoms with van der Waals surface area (Å²) in [4.78, 5) is 36.8. The van der Waals surface area contributed by atoms with Gasteiger partial charge in [-0.1, -0.05) is 0 Å². The van der Waals surface area contributed by atoms with Crippen molar-refractivity contribution in [3.05, 3.63) is 38.9 Å². The van der Waals surface area contributed by atoms with E-state index in [1.807, 2.05) is 4.90 Å². The first kappa shape index (κ1) is 20.3. The third-order valence-electron chi connectivity index (χ3n) is 5.51. The normalized spacial score (nSPS) is 21.4. The number of rotatable bonds is 5. The van der Waals surface area contributed by atoms with Crippen LogP contribution >= 0.6 is 12.4 Å². The fourth-order valence-electron chi connectivity index (χ4n) is 4.10. The van der Waals surface area contributed by atoms with Gasteiger partial charge in [0.2, 0.25) is 5.91 Å². The van der Waals surface area contributed by atoms with Gasteiger partial charge >= 0.3 is 5.76 Å². The Bertz CT molecular complexity index is 940. The molecule has 3 heterocycles. The summed E-state index contributed by atoms with van der Waals surface area (Å²) in [6, 6.07) is 5.04. The summed E-state index contributed by atoms with van der Waals surface area (Å²) < 4.78 is 6.54. The van der Waals surface area contributed by atoms with Crippen LogP contribution in [0.25, 0.3) is 11.1 Å². The predicted octanol–water partition coefficient (Wildman–Crippen LogP) is 2.06. The van der Waals surface area contributed by atoms with Crippen LogP contribution in [0.4, 0.5) is 5.69 Å². The molecule has 1 N–H and O–H groups in total. The zero-order valence-electron chi connectivity index (χ0n) is 15.3. The van der Waals surface area contributed by atoms with Crippen LogP contribution in [0, 0.1) is 10.1 Å². The van der Waals surface area contributed by atoms with E-state index in [-0.39, 0.29) is 29.6 Å². The third-order valence-corrected chi connectivity index (χ3v) is 5.51. The molecule has 1 amide bonds. The third kappa shape index (κ3) is 4.05. The molecule has 2 bridgehead atoms. The van der Waals surface area contributed by atoms with Crippen molar-refractivity contribution >= 4 is 35.1 Å². The maximum Gasteiger partial charge on any atom is 0.419 e. The monoisotopic (exact) mass is 410 g/mol. The van der Waals surface area contributed by atoms with Crippen molar-refractivity contribution in [1.29, 1.82) is 0 Å². The van der Waals surface area contributed by atoms with Gasteiger partial charge in [0.1, 0.15) is 0 Å². The number of oxazole rings is 1. The molecule has 28 heavy (non-hydrogen) atoms. The van der Waals surface area contributed by atoms with E-state index in [9.17, 15) is 19.7 Å². The molecular weight excluding hydrogens is 388 g/mol. The molecule has 1 aromatic carbocycles. The Hall–Kier alpha value is -2.39. The molecule has 2 aliphatic rings. The molecule has 2 fully saturated rings. The van der Waals surface area contributed by atoms with E-state index in [0.717, 1.165) is 25.9 Å². The van der Waals surface area contributed by atoms with Gasteiger partial charge in [-0.25, -0.2) is 4.79 Å². The number of nitrogens with zero attached hydrogens (tertiary/aromatic N) is 3. The maximum atomic E-state index is 12.5. The van der Waals surface area contributed by atoms with E-state index >= 15 is 0 Å². The number of aryl methyl sites for hydroxylation is 1. The molecular formula is C18H23ClN4O5. The van der Waals surface area contributed by atoms with Crippen molar-refractivity contribution < 1.29 is 14.1 Å². The summed E-state index contributed by atoms with van der Waals surface area (Å²) in [5.74, 6) is -0.449. The summed E-state index contributed by atoms with van der Waals surface area (Å²) in [6.45, 7) is 1.88. The fourth-order valence-corrected chi connectivity index (χ4v) is 4.10. The summed E-state index contributed by atoms with van der Waals surface area (Å²) in [5.41, 5.74) is 0.576. The molecule has 2 aromatic rings.